The number of ether oxygens (including phenoxy) is 3. The summed E-state index contributed by atoms with van der Waals surface area (Å²) in [5.41, 5.74) is 0.743. The summed E-state index contributed by atoms with van der Waals surface area (Å²) >= 11 is 0. The largest absolute Gasteiger partial charge is 0.493 e. The van der Waals surface area contributed by atoms with Crippen molar-refractivity contribution in [1.82, 2.24) is 0 Å². The predicted molar refractivity (Wildman–Crippen MR) is 65.8 cm³/mol. The third-order valence-electron chi connectivity index (χ3n) is 2.46. The van der Waals surface area contributed by atoms with Crippen LogP contribution in [-0.2, 0) is 9.53 Å². The standard InChI is InChI=1S/C13H18O5/c1-9(14)10-4-5-11(12(8-10)16-2)18-7-6-13(15)17-3/h4-5,8-9,14H,6-7H2,1-3H3/t9-/m1/s1. The Hall–Kier alpha value is -1.75. The minimum Gasteiger partial charge on any atom is -0.493 e. The molecule has 0 aliphatic heterocycles. The minimum absolute atomic E-state index is 0.178. The lowest BCUT2D eigenvalue weighted by molar-refractivity contribution is -0.141. The maximum absolute atomic E-state index is 10.9. The molecule has 5 heteroatoms. The van der Waals surface area contributed by atoms with Gasteiger partial charge in [0.25, 0.3) is 0 Å². The summed E-state index contributed by atoms with van der Waals surface area (Å²) < 4.78 is 15.1. The number of esters is 1. The van der Waals surface area contributed by atoms with Crippen molar-refractivity contribution >= 4 is 5.97 Å². The number of hydrogen-bond acceptors (Lipinski definition) is 5. The van der Waals surface area contributed by atoms with E-state index in [0.717, 1.165) is 5.56 Å². The van der Waals surface area contributed by atoms with Crippen molar-refractivity contribution in [2.24, 2.45) is 0 Å². The molecule has 100 valence electrons. The van der Waals surface area contributed by atoms with Crippen LogP contribution in [0, 0.1) is 0 Å². The number of benzene rings is 1. The van der Waals surface area contributed by atoms with Gasteiger partial charge in [-0.25, -0.2) is 0 Å². The highest BCUT2D eigenvalue weighted by molar-refractivity contribution is 5.69. The van der Waals surface area contributed by atoms with Crippen molar-refractivity contribution in [2.45, 2.75) is 19.4 Å². The maximum Gasteiger partial charge on any atom is 0.308 e. The molecule has 0 bridgehead atoms. The molecule has 0 spiro atoms. The molecule has 18 heavy (non-hydrogen) atoms. The molecule has 0 fully saturated rings. The second kappa shape index (κ2) is 6.86. The van der Waals surface area contributed by atoms with Gasteiger partial charge in [0.1, 0.15) is 0 Å². The average Bonchev–Trinajstić information content (AvgIpc) is 2.38. The molecule has 0 saturated carbocycles. The van der Waals surface area contributed by atoms with Gasteiger partial charge in [-0.3, -0.25) is 4.79 Å². The highest BCUT2D eigenvalue weighted by Gasteiger charge is 2.09. The molecule has 5 nitrogen and oxygen atoms in total. The third kappa shape index (κ3) is 3.92. The summed E-state index contributed by atoms with van der Waals surface area (Å²) in [6.45, 7) is 1.89. The molecule has 1 aromatic carbocycles. The number of rotatable bonds is 6. The fourth-order valence-electron chi connectivity index (χ4n) is 1.41. The van der Waals surface area contributed by atoms with Gasteiger partial charge in [0.05, 0.1) is 33.4 Å². The van der Waals surface area contributed by atoms with Gasteiger partial charge >= 0.3 is 5.97 Å². The van der Waals surface area contributed by atoms with Gasteiger partial charge in [-0.05, 0) is 24.6 Å². The molecule has 1 aromatic rings. The molecule has 0 aromatic heterocycles. The topological polar surface area (TPSA) is 65.0 Å². The minimum atomic E-state index is -0.567. The number of carbonyl (C=O) groups excluding carboxylic acids is 1. The fraction of sp³-hybridized carbons (Fsp3) is 0.462. The van der Waals surface area contributed by atoms with Crippen LogP contribution in [0.4, 0.5) is 0 Å². The molecule has 1 N–H and O–H groups in total. The van der Waals surface area contributed by atoms with Gasteiger partial charge in [0.2, 0.25) is 0 Å². The van der Waals surface area contributed by atoms with Crippen molar-refractivity contribution < 1.29 is 24.1 Å². The number of methoxy groups -OCH3 is 2. The van der Waals surface area contributed by atoms with Gasteiger partial charge in [-0.15, -0.1) is 0 Å². The molecule has 0 amide bonds. The van der Waals surface area contributed by atoms with E-state index in [0.29, 0.717) is 11.5 Å². The summed E-state index contributed by atoms with van der Waals surface area (Å²) in [5, 5.41) is 9.46. The number of aliphatic hydroxyl groups is 1. The van der Waals surface area contributed by atoms with Crippen LogP contribution in [-0.4, -0.2) is 31.9 Å². The summed E-state index contributed by atoms with van der Waals surface area (Å²) in [6.07, 6.45) is -0.388. The van der Waals surface area contributed by atoms with E-state index in [1.807, 2.05) is 0 Å². The van der Waals surface area contributed by atoms with E-state index < -0.39 is 6.10 Å². The van der Waals surface area contributed by atoms with Crippen LogP contribution in [0.5, 0.6) is 11.5 Å². The van der Waals surface area contributed by atoms with Crippen molar-refractivity contribution in [2.75, 3.05) is 20.8 Å². The normalized spacial score (nSPS) is 11.8. The van der Waals surface area contributed by atoms with Gasteiger partial charge in [0.15, 0.2) is 11.5 Å². The van der Waals surface area contributed by atoms with Crippen molar-refractivity contribution in [3.63, 3.8) is 0 Å². The van der Waals surface area contributed by atoms with E-state index in [4.69, 9.17) is 9.47 Å². The summed E-state index contributed by atoms with van der Waals surface area (Å²) in [7, 11) is 2.86. The molecular formula is C13H18O5. The van der Waals surface area contributed by atoms with Gasteiger partial charge in [0, 0.05) is 0 Å². The van der Waals surface area contributed by atoms with E-state index in [1.165, 1.54) is 14.2 Å². The molecule has 1 atom stereocenters. The lowest BCUT2D eigenvalue weighted by atomic mass is 10.1. The molecular weight excluding hydrogens is 236 g/mol. The summed E-state index contributed by atoms with van der Waals surface area (Å²) in [4.78, 5) is 10.9. The Balaban J connectivity index is 2.68. The van der Waals surface area contributed by atoms with Gasteiger partial charge < -0.3 is 19.3 Å². The highest BCUT2D eigenvalue weighted by Crippen LogP contribution is 2.30. The van der Waals surface area contributed by atoms with Crippen LogP contribution >= 0.6 is 0 Å². The molecule has 0 unspecified atom stereocenters. The smallest absolute Gasteiger partial charge is 0.308 e. The average molecular weight is 254 g/mol. The quantitative estimate of drug-likeness (QED) is 0.782. The number of hydrogen-bond donors (Lipinski definition) is 1. The van der Waals surface area contributed by atoms with Gasteiger partial charge in [-0.2, -0.15) is 0 Å². The Morgan fingerprint density at radius 1 is 1.33 bits per heavy atom. The summed E-state index contributed by atoms with van der Waals surface area (Å²) in [6, 6.07) is 5.16. The van der Waals surface area contributed by atoms with Crippen LogP contribution in [0.3, 0.4) is 0 Å². The predicted octanol–water partition coefficient (Wildman–Crippen LogP) is 1.69. The fourth-order valence-corrected chi connectivity index (χ4v) is 1.41. The Labute approximate surface area is 106 Å². The van der Waals surface area contributed by atoms with E-state index >= 15 is 0 Å². The second-order valence-corrected chi connectivity index (χ2v) is 3.76. The summed E-state index contributed by atoms with van der Waals surface area (Å²) in [5.74, 6) is 0.735. The van der Waals surface area contributed by atoms with Gasteiger partial charge in [-0.1, -0.05) is 6.07 Å². The van der Waals surface area contributed by atoms with Crippen LogP contribution in [0.2, 0.25) is 0 Å². The lowest BCUT2D eigenvalue weighted by Crippen LogP contribution is -2.08. The first-order valence-electron chi connectivity index (χ1n) is 5.64. The van der Waals surface area contributed by atoms with Crippen LogP contribution < -0.4 is 9.47 Å². The Bertz CT molecular complexity index is 400. The number of aliphatic hydroxyl groups excluding tert-OH is 1. The van der Waals surface area contributed by atoms with E-state index in [2.05, 4.69) is 4.74 Å². The maximum atomic E-state index is 10.9. The third-order valence-corrected chi connectivity index (χ3v) is 2.46. The molecule has 0 saturated heterocycles. The SMILES string of the molecule is COC(=O)CCOc1ccc([C@@H](C)O)cc1OC. The molecule has 0 radical (unpaired) electrons. The first-order valence-corrected chi connectivity index (χ1v) is 5.64. The highest BCUT2D eigenvalue weighted by atomic mass is 16.5. The van der Waals surface area contributed by atoms with Crippen LogP contribution in [0.25, 0.3) is 0 Å². The van der Waals surface area contributed by atoms with Crippen molar-refractivity contribution in [1.29, 1.82) is 0 Å². The second-order valence-electron chi connectivity index (χ2n) is 3.76. The first-order chi connectivity index (χ1) is 8.58. The van der Waals surface area contributed by atoms with E-state index in [9.17, 15) is 9.90 Å². The van der Waals surface area contributed by atoms with E-state index in [-0.39, 0.29) is 19.0 Å². The first kappa shape index (κ1) is 14.3. The Morgan fingerprint density at radius 2 is 2.06 bits per heavy atom. The monoisotopic (exact) mass is 254 g/mol. The van der Waals surface area contributed by atoms with Crippen LogP contribution in [0.15, 0.2) is 18.2 Å². The zero-order valence-electron chi connectivity index (χ0n) is 10.8. The zero-order chi connectivity index (χ0) is 13.5. The van der Waals surface area contributed by atoms with Crippen LogP contribution in [0.1, 0.15) is 25.0 Å². The Kier molecular flexibility index (Phi) is 5.45. The molecule has 0 heterocycles. The molecule has 1 rings (SSSR count). The Morgan fingerprint density at radius 3 is 2.61 bits per heavy atom. The van der Waals surface area contributed by atoms with E-state index in [1.54, 1.807) is 25.1 Å². The molecule has 0 aliphatic carbocycles. The van der Waals surface area contributed by atoms with Crippen molar-refractivity contribution in [3.8, 4) is 11.5 Å². The van der Waals surface area contributed by atoms with Crippen molar-refractivity contribution in [3.05, 3.63) is 23.8 Å². The lowest BCUT2D eigenvalue weighted by Gasteiger charge is -2.12. The zero-order valence-corrected chi connectivity index (χ0v) is 10.8. The molecule has 0 aliphatic rings. The number of carbonyl (C=O) groups is 1.